The molecule has 36 heavy (non-hydrogen) atoms. The van der Waals surface area contributed by atoms with E-state index in [-0.39, 0.29) is 30.4 Å². The van der Waals surface area contributed by atoms with E-state index in [1.165, 1.54) is 7.11 Å². The minimum Gasteiger partial charge on any atom is -0.465 e. The molecular weight excluding hydrogens is 458 g/mol. The van der Waals surface area contributed by atoms with Gasteiger partial charge < -0.3 is 26.8 Å². The largest absolute Gasteiger partial charge is 0.465 e. The number of nitrogens with one attached hydrogen (secondary N) is 2. The Morgan fingerprint density at radius 2 is 1.83 bits per heavy atom. The van der Waals surface area contributed by atoms with Crippen molar-refractivity contribution in [3.8, 4) is 0 Å². The molecule has 0 radical (unpaired) electrons. The van der Waals surface area contributed by atoms with E-state index in [1.807, 2.05) is 25.1 Å². The van der Waals surface area contributed by atoms with Crippen molar-refractivity contribution in [2.24, 2.45) is 16.5 Å². The van der Waals surface area contributed by atoms with Crippen LogP contribution in [0.25, 0.3) is 10.9 Å². The summed E-state index contributed by atoms with van der Waals surface area (Å²) in [6.45, 7) is 2.26. The highest BCUT2D eigenvalue weighted by atomic mass is 16.5. The summed E-state index contributed by atoms with van der Waals surface area (Å²) in [4.78, 5) is 38.2. The highest BCUT2D eigenvalue weighted by Gasteiger charge is 2.26. The molecule has 1 aliphatic rings. The zero-order valence-corrected chi connectivity index (χ0v) is 20.5. The fraction of sp³-hybridized carbons (Fsp3) is 0.346. The van der Waals surface area contributed by atoms with Gasteiger partial charge in [-0.15, -0.1) is 0 Å². The van der Waals surface area contributed by atoms with Crippen LogP contribution in [0.1, 0.15) is 57.8 Å². The fourth-order valence-corrected chi connectivity index (χ4v) is 4.39. The number of carbonyl (C=O) groups excluding carboxylic acids is 2. The van der Waals surface area contributed by atoms with Gasteiger partial charge in [0.1, 0.15) is 5.82 Å². The number of aliphatic imine (C=N–C) groups is 1. The van der Waals surface area contributed by atoms with Crippen LogP contribution in [-0.4, -0.2) is 47.0 Å². The van der Waals surface area contributed by atoms with E-state index in [9.17, 15) is 9.59 Å². The third-order valence-electron chi connectivity index (χ3n) is 6.25. The van der Waals surface area contributed by atoms with Crippen molar-refractivity contribution in [1.82, 2.24) is 15.3 Å². The maximum absolute atomic E-state index is 13.0. The number of nitrogens with zero attached hydrogens (tertiary/aromatic N) is 3. The molecule has 0 aliphatic heterocycles. The number of methoxy groups -OCH3 is 1. The number of aryl methyl sites for hydroxylation is 1. The van der Waals surface area contributed by atoms with Crippen molar-refractivity contribution in [1.29, 1.82) is 0 Å². The number of amides is 1. The lowest BCUT2D eigenvalue weighted by Crippen LogP contribution is -2.38. The Morgan fingerprint density at radius 3 is 2.56 bits per heavy atom. The molecular formula is C26H31N7O3. The van der Waals surface area contributed by atoms with Gasteiger partial charge in [-0.2, -0.15) is 0 Å². The van der Waals surface area contributed by atoms with Gasteiger partial charge >= 0.3 is 5.97 Å². The zero-order valence-electron chi connectivity index (χ0n) is 20.5. The molecule has 10 nitrogen and oxygen atoms in total. The summed E-state index contributed by atoms with van der Waals surface area (Å²) >= 11 is 0. The quantitative estimate of drug-likeness (QED) is 0.224. The van der Waals surface area contributed by atoms with E-state index >= 15 is 0 Å². The van der Waals surface area contributed by atoms with E-state index < -0.39 is 11.9 Å². The molecule has 1 heterocycles. The second-order valence-electron chi connectivity index (χ2n) is 8.94. The Morgan fingerprint density at radius 1 is 1.08 bits per heavy atom. The van der Waals surface area contributed by atoms with Crippen LogP contribution in [0.5, 0.6) is 0 Å². The lowest BCUT2D eigenvalue weighted by molar-refractivity contribution is 0.0600. The summed E-state index contributed by atoms with van der Waals surface area (Å²) in [6, 6.07) is 12.6. The Balaban J connectivity index is 1.57. The molecule has 1 aliphatic carbocycles. The second kappa shape index (κ2) is 11.0. The monoisotopic (exact) mass is 489 g/mol. The topological polar surface area (TPSA) is 158 Å². The van der Waals surface area contributed by atoms with E-state index in [0.717, 1.165) is 42.2 Å². The lowest BCUT2D eigenvalue weighted by atomic mass is 9.90. The van der Waals surface area contributed by atoms with E-state index in [4.69, 9.17) is 16.2 Å². The molecule has 2 aromatic carbocycles. The summed E-state index contributed by atoms with van der Waals surface area (Å²) < 4.78 is 4.71. The predicted octanol–water partition coefficient (Wildman–Crippen LogP) is 2.65. The first-order valence-corrected chi connectivity index (χ1v) is 11.9. The van der Waals surface area contributed by atoms with Gasteiger partial charge in [0, 0.05) is 11.9 Å². The van der Waals surface area contributed by atoms with Gasteiger partial charge in [0.2, 0.25) is 5.82 Å². The normalized spacial score (nSPS) is 17.3. The molecule has 10 heteroatoms. The molecule has 1 aromatic heterocycles. The minimum absolute atomic E-state index is 0.0105. The summed E-state index contributed by atoms with van der Waals surface area (Å²) in [6.07, 6.45) is 3.87. The van der Waals surface area contributed by atoms with Crippen LogP contribution in [0.3, 0.4) is 0 Å². The zero-order chi connectivity index (χ0) is 25.7. The maximum Gasteiger partial charge on any atom is 0.337 e. The standard InChI is InChI=1S/C26H31N7O3/c1-15-7-12-19-18(13-15)22(31-20-5-3-4-6-21(20)32-26(27)28)33-23(30-19)24(34)29-14-16-8-10-17(11-9-16)25(35)36-2/h7-13,20-21H,3-6,14H2,1-2H3,(H,29,34)(H4,27,28,32)(H,30,31,33). The number of anilines is 1. The minimum atomic E-state index is -0.412. The second-order valence-corrected chi connectivity index (χ2v) is 8.94. The van der Waals surface area contributed by atoms with Crippen LogP contribution in [-0.2, 0) is 11.3 Å². The van der Waals surface area contributed by atoms with E-state index in [1.54, 1.807) is 24.3 Å². The van der Waals surface area contributed by atoms with Crippen molar-refractivity contribution >= 4 is 34.6 Å². The first kappa shape index (κ1) is 24.9. The number of carbonyl (C=O) groups is 2. The van der Waals surface area contributed by atoms with Crippen LogP contribution in [0, 0.1) is 6.92 Å². The number of hydrogen-bond acceptors (Lipinski definition) is 7. The molecule has 1 amide bonds. The number of ether oxygens (including phenoxy) is 1. The Bertz CT molecular complexity index is 1290. The molecule has 6 N–H and O–H groups in total. The van der Waals surface area contributed by atoms with Gasteiger partial charge in [-0.1, -0.05) is 36.6 Å². The summed E-state index contributed by atoms with van der Waals surface area (Å²) in [5.74, 6) is -0.0996. The van der Waals surface area contributed by atoms with Gasteiger partial charge in [-0.05, 0) is 49.6 Å². The first-order valence-electron chi connectivity index (χ1n) is 11.9. The van der Waals surface area contributed by atoms with Gasteiger partial charge in [-0.3, -0.25) is 4.79 Å². The van der Waals surface area contributed by atoms with Crippen LogP contribution in [0.15, 0.2) is 47.5 Å². The summed E-state index contributed by atoms with van der Waals surface area (Å²) in [7, 11) is 1.33. The van der Waals surface area contributed by atoms with Crippen molar-refractivity contribution in [3.05, 3.63) is 65.0 Å². The number of guanidine groups is 1. The predicted molar refractivity (Wildman–Crippen MR) is 139 cm³/mol. The molecule has 1 fully saturated rings. The number of fused-ring (bicyclic) bond motifs is 1. The van der Waals surface area contributed by atoms with Crippen molar-refractivity contribution in [2.75, 3.05) is 12.4 Å². The van der Waals surface area contributed by atoms with Crippen molar-refractivity contribution < 1.29 is 14.3 Å². The number of benzene rings is 2. The SMILES string of the molecule is COC(=O)c1ccc(CNC(=O)c2nc(NC3CCCCC3N=C(N)N)c3cc(C)ccc3n2)cc1. The van der Waals surface area contributed by atoms with Crippen LogP contribution >= 0.6 is 0 Å². The molecule has 0 spiro atoms. The van der Waals surface area contributed by atoms with Gasteiger partial charge in [0.25, 0.3) is 5.91 Å². The maximum atomic E-state index is 13.0. The van der Waals surface area contributed by atoms with Crippen LogP contribution in [0.4, 0.5) is 5.82 Å². The Labute approximate surface area is 209 Å². The molecule has 1 saturated carbocycles. The average Bonchev–Trinajstić information content (AvgIpc) is 2.88. The number of esters is 1. The van der Waals surface area contributed by atoms with Crippen molar-refractivity contribution in [2.45, 2.75) is 51.2 Å². The summed E-state index contributed by atoms with van der Waals surface area (Å²) in [5, 5.41) is 7.19. The third-order valence-corrected chi connectivity index (χ3v) is 6.25. The molecule has 4 rings (SSSR count). The van der Waals surface area contributed by atoms with E-state index in [2.05, 4.69) is 25.6 Å². The van der Waals surface area contributed by atoms with Gasteiger partial charge in [0.05, 0.1) is 30.3 Å². The van der Waals surface area contributed by atoms with E-state index in [0.29, 0.717) is 16.9 Å². The number of hydrogen-bond donors (Lipinski definition) is 4. The third kappa shape index (κ3) is 5.88. The fourth-order valence-electron chi connectivity index (χ4n) is 4.39. The number of aromatic nitrogens is 2. The molecule has 0 saturated heterocycles. The Kier molecular flexibility index (Phi) is 7.62. The summed E-state index contributed by atoms with van der Waals surface area (Å²) in [5.41, 5.74) is 14.3. The van der Waals surface area contributed by atoms with Crippen molar-refractivity contribution in [3.63, 3.8) is 0 Å². The molecule has 188 valence electrons. The first-order chi connectivity index (χ1) is 17.3. The van der Waals surface area contributed by atoms with Gasteiger partial charge in [-0.25, -0.2) is 19.8 Å². The Hall–Kier alpha value is -4.21. The molecule has 2 atom stereocenters. The number of rotatable bonds is 7. The highest BCUT2D eigenvalue weighted by molar-refractivity contribution is 5.96. The average molecular weight is 490 g/mol. The van der Waals surface area contributed by atoms with Gasteiger partial charge in [0.15, 0.2) is 5.96 Å². The number of nitrogens with two attached hydrogens (primary N) is 2. The molecule has 0 bridgehead atoms. The molecule has 3 aromatic rings. The lowest BCUT2D eigenvalue weighted by Gasteiger charge is -2.30. The smallest absolute Gasteiger partial charge is 0.337 e. The molecule has 2 unspecified atom stereocenters. The highest BCUT2D eigenvalue weighted by Crippen LogP contribution is 2.28. The van der Waals surface area contributed by atoms with Crippen LogP contribution < -0.4 is 22.1 Å². The van der Waals surface area contributed by atoms with Crippen LogP contribution in [0.2, 0.25) is 0 Å².